The number of aromatic nitrogens is 4. The predicted octanol–water partition coefficient (Wildman–Crippen LogP) is 4.97. The first-order valence-electron chi connectivity index (χ1n) is 15.6. The van der Waals surface area contributed by atoms with Crippen LogP contribution in [0.1, 0.15) is 43.9 Å². The summed E-state index contributed by atoms with van der Waals surface area (Å²) in [6.07, 6.45) is -11.6. The molecule has 0 saturated carbocycles. The molecule has 3 saturated heterocycles. The quantitative estimate of drug-likeness (QED) is 0.357. The van der Waals surface area contributed by atoms with Crippen LogP contribution in [0.4, 0.5) is 46.8 Å². The third-order valence-corrected chi connectivity index (χ3v) is 9.81. The van der Waals surface area contributed by atoms with Gasteiger partial charge < -0.3 is 25.4 Å². The van der Waals surface area contributed by atoms with E-state index in [2.05, 4.69) is 25.3 Å². The molecule has 0 aromatic carbocycles. The van der Waals surface area contributed by atoms with Crippen molar-refractivity contribution in [1.82, 2.24) is 30.2 Å². The first-order valence-corrected chi connectivity index (χ1v) is 15.6. The van der Waals surface area contributed by atoms with Gasteiger partial charge in [-0.3, -0.25) is 4.90 Å². The van der Waals surface area contributed by atoms with Crippen molar-refractivity contribution in [3.63, 3.8) is 0 Å². The number of hydrogen-bond donors (Lipinski definition) is 2. The van der Waals surface area contributed by atoms with E-state index < -0.39 is 87.8 Å². The Morgan fingerprint density at radius 2 is 1.90 bits per heavy atom. The highest BCUT2D eigenvalue weighted by Crippen LogP contribution is 2.47. The van der Waals surface area contributed by atoms with Crippen LogP contribution in [-0.4, -0.2) is 93.7 Å². The monoisotopic (exact) mass is 688 g/mol. The van der Waals surface area contributed by atoms with E-state index in [4.69, 9.17) is 15.2 Å². The van der Waals surface area contributed by atoms with E-state index in [9.17, 15) is 30.7 Å². The number of pyridine rings is 2. The Balaban J connectivity index is 1.46. The summed E-state index contributed by atoms with van der Waals surface area (Å²) < 4.78 is 130. The highest BCUT2D eigenvalue weighted by atomic mass is 19.4. The second kappa shape index (κ2) is 11.4. The highest BCUT2D eigenvalue weighted by Gasteiger charge is 2.54. The van der Waals surface area contributed by atoms with Crippen molar-refractivity contribution in [2.24, 2.45) is 0 Å². The fraction of sp³-hybridized carbons (Fsp3) is 0.600. The fourth-order valence-corrected chi connectivity index (χ4v) is 7.63. The summed E-state index contributed by atoms with van der Waals surface area (Å²) in [5.41, 5.74) is 0.619. The van der Waals surface area contributed by atoms with Gasteiger partial charge in [-0.25, -0.2) is 18.7 Å². The Hall–Kier alpha value is -3.80. The summed E-state index contributed by atoms with van der Waals surface area (Å²) in [5, 5.41) is 2.72. The van der Waals surface area contributed by atoms with E-state index in [1.54, 1.807) is 0 Å². The lowest BCUT2D eigenvalue weighted by Crippen LogP contribution is -2.64. The summed E-state index contributed by atoms with van der Waals surface area (Å²) >= 11 is 0. The maximum absolute atomic E-state index is 16.7. The Bertz CT molecular complexity index is 1760. The Kier molecular flexibility index (Phi) is 7.76. The van der Waals surface area contributed by atoms with Gasteiger partial charge in [0.25, 0.3) is 0 Å². The number of nitrogens with two attached hydrogens (primary N) is 1. The Labute approximate surface area is 269 Å². The maximum atomic E-state index is 16.7. The number of nitrogens with one attached hydrogen (secondary N) is 1. The van der Waals surface area contributed by atoms with Crippen molar-refractivity contribution in [1.29, 1.82) is 0 Å². The van der Waals surface area contributed by atoms with Gasteiger partial charge >= 0.3 is 18.4 Å². The molecule has 4 aliphatic heterocycles. The van der Waals surface area contributed by atoms with E-state index in [1.165, 1.54) is 4.90 Å². The van der Waals surface area contributed by atoms with Gasteiger partial charge in [0.2, 0.25) is 12.0 Å². The number of hydrogen-bond acceptors (Lipinski definition) is 10. The molecule has 48 heavy (non-hydrogen) atoms. The molecular formula is C30H32F8N8O2. The molecule has 0 spiro atoms. The van der Waals surface area contributed by atoms with E-state index >= 15 is 4.39 Å². The summed E-state index contributed by atoms with van der Waals surface area (Å²) in [6, 6.07) is -1.39. The molecule has 18 heteroatoms. The van der Waals surface area contributed by atoms with Crippen molar-refractivity contribution in [2.75, 3.05) is 43.4 Å². The first-order chi connectivity index (χ1) is 22.6. The maximum Gasteiger partial charge on any atom is 0.427 e. The molecule has 0 bridgehead atoms. The molecule has 3 aromatic rings. The Morgan fingerprint density at radius 1 is 1.12 bits per heavy atom. The number of nitrogen functional groups attached to an aromatic ring is 1. The van der Waals surface area contributed by atoms with Gasteiger partial charge in [-0.15, -0.1) is 0 Å². The van der Waals surface area contributed by atoms with Gasteiger partial charge in [-0.1, -0.05) is 6.92 Å². The van der Waals surface area contributed by atoms with E-state index in [1.807, 2.05) is 11.8 Å². The van der Waals surface area contributed by atoms with Crippen LogP contribution in [0.2, 0.25) is 0 Å². The molecule has 0 aliphatic carbocycles. The molecule has 5 atom stereocenters. The zero-order valence-corrected chi connectivity index (χ0v) is 25.9. The zero-order valence-electron chi connectivity index (χ0n) is 25.9. The third kappa shape index (κ3) is 5.40. The van der Waals surface area contributed by atoms with Crippen molar-refractivity contribution >= 4 is 22.5 Å². The minimum absolute atomic E-state index is 0.00498. The van der Waals surface area contributed by atoms with Crippen molar-refractivity contribution in [3.05, 3.63) is 23.1 Å². The molecular weight excluding hydrogens is 656 g/mol. The second-order valence-electron chi connectivity index (χ2n) is 12.9. The van der Waals surface area contributed by atoms with Crippen molar-refractivity contribution < 1.29 is 44.6 Å². The Morgan fingerprint density at radius 3 is 2.60 bits per heavy atom. The van der Waals surface area contributed by atoms with Crippen molar-refractivity contribution in [3.8, 4) is 23.1 Å². The van der Waals surface area contributed by atoms with Gasteiger partial charge in [0, 0.05) is 37.7 Å². The number of piperazine rings is 1. The summed E-state index contributed by atoms with van der Waals surface area (Å²) in [7, 11) is 0. The molecule has 4 aliphatic rings. The van der Waals surface area contributed by atoms with Gasteiger partial charge in [0.05, 0.1) is 22.8 Å². The number of rotatable bonds is 5. The molecule has 260 valence electrons. The highest BCUT2D eigenvalue weighted by molar-refractivity contribution is 5.97. The van der Waals surface area contributed by atoms with Crippen LogP contribution in [-0.2, 0) is 6.18 Å². The average molecular weight is 689 g/mol. The average Bonchev–Trinajstić information content (AvgIpc) is 3.48. The lowest BCUT2D eigenvalue weighted by molar-refractivity contribution is -0.201. The molecule has 3 fully saturated rings. The van der Waals surface area contributed by atoms with Gasteiger partial charge in [0.1, 0.15) is 41.0 Å². The molecule has 0 radical (unpaired) electrons. The molecule has 10 nitrogen and oxygen atoms in total. The summed E-state index contributed by atoms with van der Waals surface area (Å²) in [4.78, 5) is 19.6. The van der Waals surface area contributed by atoms with Gasteiger partial charge in [-0.2, -0.15) is 36.3 Å². The summed E-state index contributed by atoms with van der Waals surface area (Å²) in [6.45, 7) is 3.43. The van der Waals surface area contributed by atoms with Crippen molar-refractivity contribution in [2.45, 2.75) is 81.8 Å². The normalized spacial score (nSPS) is 27.5. The number of halogens is 8. The molecule has 1 unspecified atom stereocenters. The van der Waals surface area contributed by atoms with Crippen LogP contribution < -0.4 is 25.4 Å². The lowest BCUT2D eigenvalue weighted by atomic mass is 9.95. The number of ether oxygens (including phenoxy) is 2. The first kappa shape index (κ1) is 32.7. The minimum Gasteiger partial charge on any atom is -0.462 e. The largest absolute Gasteiger partial charge is 0.462 e. The minimum atomic E-state index is -5.07. The molecule has 7 rings (SSSR count). The number of aryl methyl sites for hydroxylation is 1. The second-order valence-corrected chi connectivity index (χ2v) is 12.9. The molecule has 3 aromatic heterocycles. The molecule has 7 heterocycles. The van der Waals surface area contributed by atoms with Crippen LogP contribution in [0.3, 0.4) is 0 Å². The standard InChI is InChI=1S/C30H32F8N8O2/c1-3-15-11-46-17(9-40-15)24(30(36,37)38)48-26-19-23(21(32)22(42-26)16-7-18(39)41-13(2)20(16)29(33,34)35)43-27(44-25(19)46)47-12-28-5-4-6-45(28)10-14(31)8-28/h7,14-15,17,24,40H,3-6,8-12H2,1-2H3,(H2,39,41)/t14-,15-,17+,24?,28+/m1/s1. The van der Waals surface area contributed by atoms with Crippen LogP contribution in [0.5, 0.6) is 11.9 Å². The smallest absolute Gasteiger partial charge is 0.427 e. The van der Waals surface area contributed by atoms with Gasteiger partial charge in [-0.05, 0) is 38.8 Å². The van der Waals surface area contributed by atoms with Crippen LogP contribution in [0.15, 0.2) is 6.07 Å². The topological polar surface area (TPSA) is 115 Å². The van der Waals surface area contributed by atoms with Gasteiger partial charge in [0.15, 0.2) is 5.82 Å². The predicted molar refractivity (Wildman–Crippen MR) is 157 cm³/mol. The summed E-state index contributed by atoms with van der Waals surface area (Å²) in [5.74, 6) is -2.75. The third-order valence-electron chi connectivity index (χ3n) is 9.81. The van der Waals surface area contributed by atoms with E-state index in [-0.39, 0.29) is 49.9 Å². The molecule has 0 amide bonds. The lowest BCUT2D eigenvalue weighted by Gasteiger charge is -2.42. The van der Waals surface area contributed by atoms with E-state index in [0.29, 0.717) is 19.4 Å². The number of fused-ring (bicyclic) bond motifs is 3. The fourth-order valence-electron chi connectivity index (χ4n) is 7.63. The molecule has 3 N–H and O–H groups in total. The van der Waals surface area contributed by atoms with Crippen LogP contribution in [0.25, 0.3) is 22.2 Å². The SMILES string of the molecule is CC[C@@H]1CN2c3nc(OC[C@@]45CCCN4C[C@H](F)C5)nc4c(F)c(-c5cc(N)nc(C)c5C(F)(F)F)nc(c34)OC(C(F)(F)F)[C@@H]2CN1. The number of anilines is 2. The number of alkyl halides is 7. The number of nitrogens with zero attached hydrogens (tertiary/aromatic N) is 6. The van der Waals surface area contributed by atoms with Crippen LogP contribution in [0, 0.1) is 12.7 Å². The van der Waals surface area contributed by atoms with Crippen LogP contribution >= 0.6 is 0 Å². The zero-order chi connectivity index (χ0) is 34.3. The van der Waals surface area contributed by atoms with E-state index in [0.717, 1.165) is 19.4 Å².